The van der Waals surface area contributed by atoms with Gasteiger partial charge in [0.1, 0.15) is 0 Å². The largest absolute Gasteiger partial charge is 0.367 e. The first-order valence-electron chi connectivity index (χ1n) is 3.01. The van der Waals surface area contributed by atoms with Crippen LogP contribution in [0.1, 0.15) is 20.8 Å². The number of ether oxygens (including phenoxy) is 1. The summed E-state index contributed by atoms with van der Waals surface area (Å²) < 4.78 is 5.02. The summed E-state index contributed by atoms with van der Waals surface area (Å²) in [6, 6.07) is 0. The predicted molar refractivity (Wildman–Crippen MR) is 35.9 cm³/mol. The summed E-state index contributed by atoms with van der Waals surface area (Å²) in [7, 11) is 0. The van der Waals surface area contributed by atoms with E-state index in [-0.39, 0.29) is 12.1 Å². The summed E-state index contributed by atoms with van der Waals surface area (Å²) in [5.74, 6) is 0. The minimum absolute atomic E-state index is 0.150. The first-order chi connectivity index (χ1) is 3.95. The molecule has 0 amide bonds. The van der Waals surface area contributed by atoms with Crippen molar-refractivity contribution in [2.75, 3.05) is 6.54 Å². The molecular formula is C6H15NO2. The lowest BCUT2D eigenvalue weighted by Crippen LogP contribution is -2.32. The molecule has 0 aromatic rings. The minimum atomic E-state index is -0.829. The van der Waals surface area contributed by atoms with Crippen molar-refractivity contribution in [3.05, 3.63) is 0 Å². The van der Waals surface area contributed by atoms with E-state index < -0.39 is 6.29 Å². The van der Waals surface area contributed by atoms with Crippen molar-refractivity contribution in [1.82, 2.24) is 0 Å². The van der Waals surface area contributed by atoms with Crippen molar-refractivity contribution in [1.29, 1.82) is 0 Å². The van der Waals surface area contributed by atoms with Gasteiger partial charge in [-0.3, -0.25) is 0 Å². The third kappa shape index (κ3) is 5.76. The van der Waals surface area contributed by atoms with E-state index in [0.29, 0.717) is 0 Å². The topological polar surface area (TPSA) is 55.5 Å². The van der Waals surface area contributed by atoms with Gasteiger partial charge in [0.25, 0.3) is 0 Å². The molecule has 0 heterocycles. The quantitative estimate of drug-likeness (QED) is 0.524. The summed E-state index contributed by atoms with van der Waals surface area (Å²) in [4.78, 5) is 0. The van der Waals surface area contributed by atoms with E-state index in [9.17, 15) is 0 Å². The average molecular weight is 133 g/mol. The van der Waals surface area contributed by atoms with Crippen molar-refractivity contribution < 1.29 is 9.84 Å². The van der Waals surface area contributed by atoms with Crippen LogP contribution in [0, 0.1) is 0 Å². The van der Waals surface area contributed by atoms with E-state index in [1.807, 2.05) is 20.8 Å². The SMILES string of the molecule is CC(C)(C)OC(O)CN. The van der Waals surface area contributed by atoms with Crippen LogP contribution in [0.15, 0.2) is 0 Å². The molecule has 0 aromatic carbocycles. The molecule has 9 heavy (non-hydrogen) atoms. The molecule has 0 spiro atoms. The van der Waals surface area contributed by atoms with E-state index >= 15 is 0 Å². The Bertz CT molecular complexity index is 77.6. The van der Waals surface area contributed by atoms with Crippen LogP contribution in [0.25, 0.3) is 0 Å². The van der Waals surface area contributed by atoms with Gasteiger partial charge in [-0.25, -0.2) is 0 Å². The van der Waals surface area contributed by atoms with Gasteiger partial charge in [0.2, 0.25) is 0 Å². The molecule has 0 radical (unpaired) electrons. The zero-order valence-electron chi connectivity index (χ0n) is 6.22. The molecule has 3 N–H and O–H groups in total. The fourth-order valence-electron chi connectivity index (χ4n) is 0.456. The molecule has 1 unspecified atom stereocenters. The highest BCUT2D eigenvalue weighted by Gasteiger charge is 2.14. The van der Waals surface area contributed by atoms with Gasteiger partial charge >= 0.3 is 0 Å². The van der Waals surface area contributed by atoms with Gasteiger partial charge < -0.3 is 15.6 Å². The minimum Gasteiger partial charge on any atom is -0.367 e. The highest BCUT2D eigenvalue weighted by molar-refractivity contribution is 4.59. The maximum Gasteiger partial charge on any atom is 0.167 e. The molecule has 0 aliphatic carbocycles. The zero-order valence-corrected chi connectivity index (χ0v) is 6.22. The number of aliphatic hydroxyl groups is 1. The van der Waals surface area contributed by atoms with Gasteiger partial charge in [0.15, 0.2) is 6.29 Å². The molecule has 3 nitrogen and oxygen atoms in total. The Morgan fingerprint density at radius 1 is 1.56 bits per heavy atom. The molecule has 0 rings (SSSR count). The van der Waals surface area contributed by atoms with E-state index in [1.165, 1.54) is 0 Å². The molecule has 0 aromatic heterocycles. The Hall–Kier alpha value is -0.120. The molecule has 0 aliphatic rings. The maximum absolute atomic E-state index is 8.85. The monoisotopic (exact) mass is 133 g/mol. The lowest BCUT2D eigenvalue weighted by Gasteiger charge is -2.22. The van der Waals surface area contributed by atoms with E-state index in [1.54, 1.807) is 0 Å². The Labute approximate surface area is 55.8 Å². The maximum atomic E-state index is 8.85. The number of hydrogen-bond donors (Lipinski definition) is 2. The number of hydrogen-bond acceptors (Lipinski definition) is 3. The van der Waals surface area contributed by atoms with Gasteiger partial charge in [-0.05, 0) is 20.8 Å². The predicted octanol–water partition coefficient (Wildman–Crippen LogP) is 0.0786. The third-order valence-corrected chi connectivity index (χ3v) is 0.691. The second kappa shape index (κ2) is 3.15. The third-order valence-electron chi connectivity index (χ3n) is 0.691. The number of aliphatic hydroxyl groups excluding tert-OH is 1. The van der Waals surface area contributed by atoms with Crippen LogP contribution in [-0.2, 0) is 4.74 Å². The zero-order chi connectivity index (χ0) is 7.49. The summed E-state index contributed by atoms with van der Waals surface area (Å²) in [5.41, 5.74) is 4.80. The normalized spacial score (nSPS) is 15.7. The molecule has 56 valence electrons. The molecule has 0 aliphatic heterocycles. The Morgan fingerprint density at radius 2 is 2.00 bits per heavy atom. The van der Waals surface area contributed by atoms with Gasteiger partial charge in [-0.15, -0.1) is 0 Å². The van der Waals surface area contributed by atoms with E-state index in [0.717, 1.165) is 0 Å². The van der Waals surface area contributed by atoms with Gasteiger partial charge in [-0.1, -0.05) is 0 Å². The lowest BCUT2D eigenvalue weighted by atomic mass is 10.2. The Balaban J connectivity index is 3.47. The molecule has 0 saturated heterocycles. The molecule has 0 saturated carbocycles. The molecule has 0 bridgehead atoms. The average Bonchev–Trinajstić information content (AvgIpc) is 1.62. The van der Waals surface area contributed by atoms with Crippen LogP contribution in [0.3, 0.4) is 0 Å². The lowest BCUT2D eigenvalue weighted by molar-refractivity contribution is -0.158. The van der Waals surface area contributed by atoms with Crippen molar-refractivity contribution >= 4 is 0 Å². The summed E-state index contributed by atoms with van der Waals surface area (Å²) in [5, 5.41) is 8.85. The van der Waals surface area contributed by atoms with Crippen LogP contribution in [0.5, 0.6) is 0 Å². The van der Waals surface area contributed by atoms with Crippen LogP contribution in [0.4, 0.5) is 0 Å². The molecular weight excluding hydrogens is 118 g/mol. The second-order valence-corrected chi connectivity index (χ2v) is 2.92. The Morgan fingerprint density at radius 3 is 2.11 bits per heavy atom. The van der Waals surface area contributed by atoms with Gasteiger partial charge in [-0.2, -0.15) is 0 Å². The second-order valence-electron chi connectivity index (χ2n) is 2.92. The Kier molecular flexibility index (Phi) is 3.11. The fourth-order valence-corrected chi connectivity index (χ4v) is 0.456. The van der Waals surface area contributed by atoms with Crippen LogP contribution in [-0.4, -0.2) is 23.5 Å². The summed E-state index contributed by atoms with van der Waals surface area (Å²) in [6.45, 7) is 5.75. The highest BCUT2D eigenvalue weighted by atomic mass is 16.6. The molecule has 1 atom stereocenters. The van der Waals surface area contributed by atoms with Crippen LogP contribution in [0.2, 0.25) is 0 Å². The van der Waals surface area contributed by atoms with Gasteiger partial charge in [0.05, 0.1) is 5.60 Å². The van der Waals surface area contributed by atoms with E-state index in [2.05, 4.69) is 0 Å². The van der Waals surface area contributed by atoms with Crippen molar-refractivity contribution in [3.63, 3.8) is 0 Å². The molecule has 3 heteroatoms. The van der Waals surface area contributed by atoms with Crippen LogP contribution < -0.4 is 5.73 Å². The summed E-state index contributed by atoms with van der Waals surface area (Å²) in [6.07, 6.45) is -0.829. The first-order valence-corrected chi connectivity index (χ1v) is 3.01. The highest BCUT2D eigenvalue weighted by Crippen LogP contribution is 2.07. The van der Waals surface area contributed by atoms with E-state index in [4.69, 9.17) is 15.6 Å². The number of rotatable bonds is 2. The molecule has 0 fully saturated rings. The fraction of sp³-hybridized carbons (Fsp3) is 1.00. The van der Waals surface area contributed by atoms with Crippen molar-refractivity contribution in [2.45, 2.75) is 32.7 Å². The first kappa shape index (κ1) is 8.88. The summed E-state index contributed by atoms with van der Waals surface area (Å²) >= 11 is 0. The van der Waals surface area contributed by atoms with Crippen molar-refractivity contribution in [2.24, 2.45) is 5.73 Å². The standard InChI is InChI=1S/C6H15NO2/c1-6(2,3)9-5(8)4-7/h5,8H,4,7H2,1-3H3. The van der Waals surface area contributed by atoms with Gasteiger partial charge in [0, 0.05) is 6.54 Å². The number of nitrogens with two attached hydrogens (primary N) is 1. The van der Waals surface area contributed by atoms with Crippen molar-refractivity contribution in [3.8, 4) is 0 Å². The smallest absolute Gasteiger partial charge is 0.167 e. The van der Waals surface area contributed by atoms with Crippen LogP contribution >= 0.6 is 0 Å².